The van der Waals surface area contributed by atoms with Crippen molar-refractivity contribution in [2.75, 3.05) is 0 Å². The van der Waals surface area contributed by atoms with Crippen LogP contribution in [0.2, 0.25) is 0 Å². The third kappa shape index (κ3) is 116. The smallest absolute Gasteiger partial charge is 0 e. The van der Waals surface area contributed by atoms with Crippen molar-refractivity contribution in [3.63, 3.8) is 0 Å². The summed E-state index contributed by atoms with van der Waals surface area (Å²) in [5.74, 6) is 0. The van der Waals surface area contributed by atoms with E-state index in [1.165, 1.54) is 0 Å². The van der Waals surface area contributed by atoms with Crippen LogP contribution in [0, 0.1) is 50.9 Å². The van der Waals surface area contributed by atoms with Crippen LogP contribution in [0.3, 0.4) is 0 Å². The summed E-state index contributed by atoms with van der Waals surface area (Å²) < 4.78 is 51.2. The maximum atomic E-state index is 9.58. The molecule has 0 bridgehead atoms. The first-order valence-electron chi connectivity index (χ1n) is 2.51. The van der Waals surface area contributed by atoms with E-state index in [1.807, 2.05) is 0 Å². The van der Waals surface area contributed by atoms with Crippen LogP contribution in [-0.2, 0) is 35.0 Å². The first kappa shape index (κ1) is 29.4. The number of hydrogen-bond acceptors (Lipinski definition) is 0. The summed E-state index contributed by atoms with van der Waals surface area (Å²) in [5.41, 5.74) is 0. The van der Waals surface area contributed by atoms with Gasteiger partial charge >= 0.3 is 33.9 Å². The minimum Gasteiger partial charge on any atom is -0.999 e. The van der Waals surface area contributed by atoms with Crippen LogP contribution in [0.1, 0.15) is 0 Å². The predicted molar refractivity (Wildman–Crippen MR) is 35.7 cm³/mol. The molecule has 0 atom stereocenters. The summed E-state index contributed by atoms with van der Waals surface area (Å²) >= 11 is 0. The van der Waals surface area contributed by atoms with E-state index in [1.54, 1.807) is 6.07 Å². The quantitative estimate of drug-likeness (QED) is 0.399. The molecule has 1 rings (SSSR count). The maximum absolute atomic E-state index is 9.58. The summed E-state index contributed by atoms with van der Waals surface area (Å²) in [6, 6.07) is 12.0. The van der Waals surface area contributed by atoms with Crippen molar-refractivity contribution in [2.24, 2.45) is 0 Å². The molecule has 88 valence electrons. The van der Waals surface area contributed by atoms with E-state index in [4.69, 9.17) is 14.0 Å². The summed E-state index contributed by atoms with van der Waals surface area (Å²) in [7, 11) is 0. The Morgan fingerprint density at radius 1 is 0.812 bits per heavy atom. The summed E-state index contributed by atoms with van der Waals surface area (Å²) in [5, 5.41) is 0. The monoisotopic (exact) mass is 312 g/mol. The van der Waals surface area contributed by atoms with Crippen LogP contribution < -0.4 is 0 Å². The Bertz CT molecular complexity index is 185. The van der Waals surface area contributed by atoms with E-state index >= 15 is 0 Å². The Morgan fingerprint density at radius 2 is 1.00 bits per heavy atom. The van der Waals surface area contributed by atoms with Gasteiger partial charge in [-0.05, 0) is 0 Å². The maximum Gasteiger partial charge on any atom is 0 e. The minimum absolute atomic E-state index is 0. The minimum atomic E-state index is -3.08. The predicted octanol–water partition coefficient (Wildman–Crippen LogP) is 1.83. The molecule has 16 heavy (non-hydrogen) atoms. The Morgan fingerprint density at radius 3 is 1.06 bits per heavy atom. The summed E-state index contributed by atoms with van der Waals surface area (Å²) in [6.07, 6.45) is 0. The average Bonchev–Trinajstić information content (AvgIpc) is 2.83. The number of halogens is 3. The molecule has 0 aliphatic heterocycles. The molecule has 1 aromatic carbocycles. The molecule has 0 aromatic heterocycles. The molecule has 1 aromatic rings. The molecule has 7 heteroatoms. The first-order chi connectivity index (χ1) is 7.23. The van der Waals surface area contributed by atoms with E-state index in [-0.39, 0.29) is 21.1 Å². The van der Waals surface area contributed by atoms with Gasteiger partial charge in [0.15, 0.2) is 6.68 Å². The second-order valence-electron chi connectivity index (χ2n) is 0.897. The van der Waals surface area contributed by atoms with E-state index in [0.29, 0.717) is 0 Å². The van der Waals surface area contributed by atoms with Crippen molar-refractivity contribution in [2.45, 2.75) is 0 Å². The number of hydrogen-bond donors (Lipinski definition) is 0. The van der Waals surface area contributed by atoms with Crippen LogP contribution in [-0.4, -0.2) is 0 Å². The van der Waals surface area contributed by atoms with E-state index in [2.05, 4.69) is 44.2 Å². The second kappa shape index (κ2) is 48.1. The average molecular weight is 310 g/mol. The fourth-order valence-electron chi connectivity index (χ4n) is 0.180. The third-order valence-electron chi connectivity index (χ3n) is 0.351. The molecule has 3 nitrogen and oxygen atoms in total. The largest absolute Gasteiger partial charge is 0.999 e. The van der Waals surface area contributed by atoms with Gasteiger partial charge in [0.2, 0.25) is 0 Å². The molecule has 0 saturated heterocycles. The molecule has 0 unspecified atom stereocenters. The molecule has 0 radical (unpaired) electrons. The molecule has 0 amide bonds. The normalized spacial score (nSPS) is 5.12. The second-order valence-corrected chi connectivity index (χ2v) is 0.897. The van der Waals surface area contributed by atoms with E-state index in [9.17, 15) is 13.2 Å². The first-order valence-corrected chi connectivity index (χ1v) is 2.51. The van der Waals surface area contributed by atoms with E-state index < -0.39 is 6.68 Å². The van der Waals surface area contributed by atoms with Gasteiger partial charge < -0.3 is 43.5 Å². The topological polar surface area (TPSA) is 59.7 Å². The van der Waals surface area contributed by atoms with Gasteiger partial charge in [-0.3, -0.25) is 0 Å². The van der Waals surface area contributed by atoms with Crippen molar-refractivity contribution in [1.29, 1.82) is 0 Å². The molecule has 0 fully saturated rings. The molecular formula is C9HF3MoO3-6. The molecular weight excluding hydrogens is 309 g/mol. The SMILES string of the molecule is F[C-](F)F.[C-]#[O+].[C-]#[O+].[C-]#[O+].[Mo].[c-]1[c-][c-][cH-][c-]1. The molecule has 0 saturated carbocycles. The van der Waals surface area contributed by atoms with Gasteiger partial charge in [-0.25, -0.2) is 0 Å². The van der Waals surface area contributed by atoms with Crippen molar-refractivity contribution in [3.05, 3.63) is 57.0 Å². The van der Waals surface area contributed by atoms with Gasteiger partial charge in [0.05, 0.1) is 0 Å². The van der Waals surface area contributed by atoms with E-state index in [0.717, 1.165) is 0 Å². The molecule has 0 heterocycles. The molecule has 0 N–H and O–H groups in total. The summed E-state index contributed by atoms with van der Waals surface area (Å²) in [6.45, 7) is 10.4. The van der Waals surface area contributed by atoms with Crippen LogP contribution in [0.15, 0.2) is 6.07 Å². The zero-order valence-corrected chi connectivity index (χ0v) is 9.35. The Hall–Kier alpha value is -0.952. The Labute approximate surface area is 105 Å². The van der Waals surface area contributed by atoms with Gasteiger partial charge in [0.25, 0.3) is 0 Å². The van der Waals surface area contributed by atoms with Gasteiger partial charge in [0, 0.05) is 21.1 Å². The fraction of sp³-hybridized carbons (Fsp3) is 0. The van der Waals surface area contributed by atoms with Crippen molar-refractivity contribution in [3.8, 4) is 0 Å². The van der Waals surface area contributed by atoms with Crippen molar-refractivity contribution in [1.82, 2.24) is 0 Å². The third-order valence-corrected chi connectivity index (χ3v) is 0.351. The van der Waals surface area contributed by atoms with Gasteiger partial charge in [-0.2, -0.15) is 0 Å². The Kier molecular flexibility index (Phi) is 88.5. The van der Waals surface area contributed by atoms with Crippen LogP contribution in [0.25, 0.3) is 0 Å². The van der Waals surface area contributed by atoms with Crippen LogP contribution in [0.5, 0.6) is 0 Å². The fourth-order valence-corrected chi connectivity index (χ4v) is 0.180. The zero-order valence-electron chi connectivity index (χ0n) is 7.34. The van der Waals surface area contributed by atoms with Crippen molar-refractivity contribution < 1.29 is 48.2 Å². The molecule has 0 aliphatic carbocycles. The van der Waals surface area contributed by atoms with Crippen molar-refractivity contribution >= 4 is 0 Å². The van der Waals surface area contributed by atoms with Crippen LogP contribution >= 0.6 is 0 Å². The van der Waals surface area contributed by atoms with Gasteiger partial charge in [0.1, 0.15) is 0 Å². The number of rotatable bonds is 0. The standard InChI is InChI=1S/C5H.CF3.3CO.Mo/c1-2-4-5-3-1;2-1(3)4;3*1-2;/h1H;;;;;/q-5;-1;;;;. The Balaban J connectivity index is -0.0000000337. The zero-order chi connectivity index (χ0) is 13.1. The summed E-state index contributed by atoms with van der Waals surface area (Å²) in [4.78, 5) is 0. The van der Waals surface area contributed by atoms with Gasteiger partial charge in [-0.15, -0.1) is 0 Å². The van der Waals surface area contributed by atoms with Crippen LogP contribution in [0.4, 0.5) is 13.2 Å². The molecule has 0 spiro atoms. The van der Waals surface area contributed by atoms with Gasteiger partial charge in [-0.1, -0.05) is 0 Å². The molecule has 0 aliphatic rings.